The van der Waals surface area contributed by atoms with E-state index >= 15 is 0 Å². The Morgan fingerprint density at radius 1 is 1.73 bits per heavy atom. The number of amides is 1. The molecule has 1 unspecified atom stereocenters. The van der Waals surface area contributed by atoms with Gasteiger partial charge in [0, 0.05) is 36.7 Å². The number of carbonyl (C=O) groups excluding carboxylic acids is 2. The highest BCUT2D eigenvalue weighted by molar-refractivity contribution is 8.14. The van der Waals surface area contributed by atoms with Crippen LogP contribution in [0.25, 0.3) is 0 Å². The first-order valence-corrected chi connectivity index (χ1v) is 6.07. The molecule has 0 bridgehead atoms. The molecule has 0 aromatic carbocycles. The van der Waals surface area contributed by atoms with Gasteiger partial charge < -0.3 is 4.90 Å². The van der Waals surface area contributed by atoms with Crippen LogP contribution in [0.15, 0.2) is 6.20 Å². The summed E-state index contributed by atoms with van der Waals surface area (Å²) in [6.45, 7) is 2.10. The second kappa shape index (κ2) is 4.28. The highest BCUT2D eigenvalue weighted by Crippen LogP contribution is 2.29. The van der Waals surface area contributed by atoms with Crippen LogP contribution in [0.2, 0.25) is 0 Å². The van der Waals surface area contributed by atoms with Gasteiger partial charge in [-0.1, -0.05) is 16.3 Å². The van der Waals surface area contributed by atoms with E-state index in [4.69, 9.17) is 0 Å². The van der Waals surface area contributed by atoms with Crippen molar-refractivity contribution in [2.24, 2.45) is 0 Å². The Kier molecular flexibility index (Phi) is 3.01. The summed E-state index contributed by atoms with van der Waals surface area (Å²) < 4.78 is 3.71. The molecule has 5 nitrogen and oxygen atoms in total. The fraction of sp³-hybridized carbons (Fsp3) is 0.500. The van der Waals surface area contributed by atoms with Crippen molar-refractivity contribution in [3.05, 3.63) is 6.20 Å². The van der Waals surface area contributed by atoms with Crippen LogP contribution < -0.4 is 4.90 Å². The van der Waals surface area contributed by atoms with E-state index in [0.29, 0.717) is 13.0 Å². The SMILES string of the molecule is CC(=O)SC1CC(=O)N(c2cnns2)C1. The maximum atomic E-state index is 11.6. The second-order valence-electron chi connectivity index (χ2n) is 3.20. The highest BCUT2D eigenvalue weighted by Gasteiger charge is 2.32. The smallest absolute Gasteiger partial charge is 0.228 e. The lowest BCUT2D eigenvalue weighted by Gasteiger charge is -2.11. The van der Waals surface area contributed by atoms with E-state index in [1.54, 1.807) is 11.1 Å². The largest absolute Gasteiger partial charge is 0.300 e. The summed E-state index contributed by atoms with van der Waals surface area (Å²) in [4.78, 5) is 24.2. The molecule has 0 aliphatic carbocycles. The van der Waals surface area contributed by atoms with Gasteiger partial charge in [0.1, 0.15) is 5.00 Å². The van der Waals surface area contributed by atoms with Crippen LogP contribution in [0.5, 0.6) is 0 Å². The fourth-order valence-corrected chi connectivity index (χ4v) is 2.95. The summed E-state index contributed by atoms with van der Waals surface area (Å²) in [6.07, 6.45) is 1.99. The van der Waals surface area contributed by atoms with Crippen LogP contribution in [0.4, 0.5) is 5.00 Å². The van der Waals surface area contributed by atoms with Gasteiger partial charge in [-0.2, -0.15) is 0 Å². The third kappa shape index (κ3) is 2.35. The van der Waals surface area contributed by atoms with Crippen molar-refractivity contribution >= 4 is 39.3 Å². The molecule has 1 aromatic rings. The van der Waals surface area contributed by atoms with Gasteiger partial charge >= 0.3 is 0 Å². The lowest BCUT2D eigenvalue weighted by molar-refractivity contribution is -0.117. The number of rotatable bonds is 2. The van der Waals surface area contributed by atoms with Crippen LogP contribution in [-0.2, 0) is 9.59 Å². The number of anilines is 1. The third-order valence-corrected chi connectivity index (χ3v) is 3.71. The van der Waals surface area contributed by atoms with Gasteiger partial charge in [-0.15, -0.1) is 5.10 Å². The molecule has 15 heavy (non-hydrogen) atoms. The summed E-state index contributed by atoms with van der Waals surface area (Å²) in [5.41, 5.74) is 0. The second-order valence-corrected chi connectivity index (χ2v) is 5.44. The Balaban J connectivity index is 2.05. The van der Waals surface area contributed by atoms with E-state index in [2.05, 4.69) is 9.59 Å². The zero-order valence-electron chi connectivity index (χ0n) is 8.04. The minimum absolute atomic E-state index is 0.0415. The maximum absolute atomic E-state index is 11.6. The summed E-state index contributed by atoms with van der Waals surface area (Å²) in [5, 5.41) is 4.56. The molecule has 7 heteroatoms. The average molecular weight is 243 g/mol. The Morgan fingerprint density at radius 2 is 2.53 bits per heavy atom. The molecule has 2 rings (SSSR count). The molecule has 1 saturated heterocycles. The van der Waals surface area contributed by atoms with Crippen molar-refractivity contribution in [1.82, 2.24) is 9.59 Å². The van der Waals surface area contributed by atoms with Crippen molar-refractivity contribution < 1.29 is 9.59 Å². The summed E-state index contributed by atoms with van der Waals surface area (Å²) in [6, 6.07) is 0. The normalized spacial score (nSPS) is 21.0. The van der Waals surface area contributed by atoms with Crippen molar-refractivity contribution in [2.75, 3.05) is 11.4 Å². The highest BCUT2D eigenvalue weighted by atomic mass is 32.2. The molecular weight excluding hydrogens is 234 g/mol. The topological polar surface area (TPSA) is 63.2 Å². The number of hydrogen-bond acceptors (Lipinski definition) is 6. The van der Waals surface area contributed by atoms with Gasteiger partial charge in [-0.05, 0) is 0 Å². The minimum Gasteiger partial charge on any atom is -0.300 e. The molecule has 1 aromatic heterocycles. The van der Waals surface area contributed by atoms with E-state index in [1.807, 2.05) is 0 Å². The molecule has 1 amide bonds. The van der Waals surface area contributed by atoms with E-state index in [9.17, 15) is 9.59 Å². The van der Waals surface area contributed by atoms with Crippen molar-refractivity contribution in [2.45, 2.75) is 18.6 Å². The maximum Gasteiger partial charge on any atom is 0.228 e. The fourth-order valence-electron chi connectivity index (χ4n) is 1.48. The zero-order valence-corrected chi connectivity index (χ0v) is 9.68. The number of thioether (sulfide) groups is 1. The van der Waals surface area contributed by atoms with Crippen molar-refractivity contribution in [3.63, 3.8) is 0 Å². The van der Waals surface area contributed by atoms with Gasteiger partial charge in [0.15, 0.2) is 5.12 Å². The molecule has 1 fully saturated rings. The molecule has 1 atom stereocenters. The summed E-state index contributed by atoms with van der Waals surface area (Å²) in [5.74, 6) is 0.0415. The molecule has 1 aliphatic heterocycles. The van der Waals surface area contributed by atoms with Gasteiger partial charge in [-0.3, -0.25) is 9.59 Å². The van der Waals surface area contributed by atoms with Gasteiger partial charge in [0.2, 0.25) is 5.91 Å². The molecule has 0 saturated carbocycles. The van der Waals surface area contributed by atoms with E-state index < -0.39 is 0 Å². The lowest BCUT2D eigenvalue weighted by atomic mass is 10.4. The van der Waals surface area contributed by atoms with Crippen molar-refractivity contribution in [3.8, 4) is 0 Å². The van der Waals surface area contributed by atoms with Crippen LogP contribution >= 0.6 is 23.3 Å². The molecule has 1 aliphatic rings. The van der Waals surface area contributed by atoms with Crippen LogP contribution in [0, 0.1) is 0 Å². The molecule has 0 spiro atoms. The van der Waals surface area contributed by atoms with Gasteiger partial charge in [0.05, 0.1) is 6.20 Å². The Bertz CT molecular complexity index is 379. The average Bonchev–Trinajstić information content (AvgIpc) is 2.72. The van der Waals surface area contributed by atoms with Gasteiger partial charge in [-0.25, -0.2) is 0 Å². The van der Waals surface area contributed by atoms with Crippen LogP contribution in [0.3, 0.4) is 0 Å². The van der Waals surface area contributed by atoms with Crippen LogP contribution in [0.1, 0.15) is 13.3 Å². The molecule has 80 valence electrons. The minimum atomic E-state index is 0.0415. The zero-order chi connectivity index (χ0) is 10.8. The van der Waals surface area contributed by atoms with Crippen LogP contribution in [-0.4, -0.2) is 32.4 Å². The van der Waals surface area contributed by atoms with Crippen molar-refractivity contribution in [1.29, 1.82) is 0 Å². The number of aromatic nitrogens is 2. The molecule has 2 heterocycles. The van der Waals surface area contributed by atoms with E-state index in [0.717, 1.165) is 5.00 Å². The lowest BCUT2D eigenvalue weighted by Crippen LogP contribution is -2.23. The Morgan fingerprint density at radius 3 is 3.13 bits per heavy atom. The summed E-state index contributed by atoms with van der Waals surface area (Å²) >= 11 is 2.42. The van der Waals surface area contributed by atoms with E-state index in [1.165, 1.54) is 30.2 Å². The Labute approximate surface area is 95.0 Å². The standard InChI is InChI=1S/C8H9N3O2S2/c1-5(12)14-6-2-7(13)11(4-6)8-3-9-10-15-8/h3,6H,2,4H2,1H3. The predicted octanol–water partition coefficient (Wildman–Crippen LogP) is 0.923. The number of nitrogens with zero attached hydrogens (tertiary/aromatic N) is 3. The number of hydrogen-bond donors (Lipinski definition) is 0. The first-order chi connectivity index (χ1) is 7.16. The first-order valence-electron chi connectivity index (χ1n) is 4.42. The molecule has 0 radical (unpaired) electrons. The quantitative estimate of drug-likeness (QED) is 0.773. The molecule has 0 N–H and O–H groups in total. The first kappa shape index (κ1) is 10.6. The van der Waals surface area contributed by atoms with Gasteiger partial charge in [0.25, 0.3) is 0 Å². The number of carbonyl (C=O) groups is 2. The van der Waals surface area contributed by atoms with E-state index in [-0.39, 0.29) is 16.3 Å². The monoisotopic (exact) mass is 243 g/mol. The Hall–Kier alpha value is -0.950. The predicted molar refractivity (Wildman–Crippen MR) is 58.9 cm³/mol. The third-order valence-electron chi connectivity index (χ3n) is 2.04. The summed E-state index contributed by atoms with van der Waals surface area (Å²) in [7, 11) is 0. The molecular formula is C8H9N3O2S2.